The SMILES string of the molecule is Cc1ccc2[nH]c3c(c2c1)CCN(C(=O)c1ccc(C(C)(C)C)cc1)CC3. The van der Waals surface area contributed by atoms with Gasteiger partial charge in [-0.15, -0.1) is 0 Å². The van der Waals surface area contributed by atoms with E-state index in [0.29, 0.717) is 0 Å². The van der Waals surface area contributed by atoms with E-state index in [4.69, 9.17) is 0 Å². The number of aromatic nitrogens is 1. The fraction of sp³-hybridized carbons (Fsp3) is 0.375. The van der Waals surface area contributed by atoms with E-state index in [1.807, 2.05) is 17.0 Å². The lowest BCUT2D eigenvalue weighted by Gasteiger charge is -2.22. The molecule has 1 aliphatic heterocycles. The molecule has 4 rings (SSSR count). The van der Waals surface area contributed by atoms with E-state index < -0.39 is 0 Å². The molecule has 1 N–H and O–H groups in total. The molecule has 0 aliphatic carbocycles. The molecule has 1 aliphatic rings. The summed E-state index contributed by atoms with van der Waals surface area (Å²) < 4.78 is 0. The minimum atomic E-state index is 0.103. The van der Waals surface area contributed by atoms with Crippen molar-refractivity contribution in [2.75, 3.05) is 13.1 Å². The highest BCUT2D eigenvalue weighted by Gasteiger charge is 2.23. The Morgan fingerprint density at radius 1 is 1.00 bits per heavy atom. The van der Waals surface area contributed by atoms with Gasteiger partial charge >= 0.3 is 0 Å². The highest BCUT2D eigenvalue weighted by atomic mass is 16.2. The van der Waals surface area contributed by atoms with Crippen molar-refractivity contribution < 1.29 is 4.79 Å². The number of carbonyl (C=O) groups is 1. The molecule has 3 aromatic rings. The third-order valence-corrected chi connectivity index (χ3v) is 5.70. The number of nitrogens with zero attached hydrogens (tertiary/aromatic N) is 1. The summed E-state index contributed by atoms with van der Waals surface area (Å²) >= 11 is 0. The zero-order valence-corrected chi connectivity index (χ0v) is 16.7. The molecule has 1 aromatic heterocycles. The van der Waals surface area contributed by atoms with Crippen LogP contribution in [0.5, 0.6) is 0 Å². The standard InChI is InChI=1S/C24H28N2O/c1-16-5-10-21-20(15-16)19-11-13-26(14-12-22(19)25-21)23(27)17-6-8-18(9-7-17)24(2,3)4/h5-10,15,25H,11-14H2,1-4H3. The Hall–Kier alpha value is -2.55. The molecule has 3 heteroatoms. The summed E-state index contributed by atoms with van der Waals surface area (Å²) in [6, 6.07) is 14.7. The largest absolute Gasteiger partial charge is 0.358 e. The number of H-pyrrole nitrogens is 1. The van der Waals surface area contributed by atoms with Gasteiger partial charge in [0, 0.05) is 41.7 Å². The molecule has 27 heavy (non-hydrogen) atoms. The first-order valence-corrected chi connectivity index (χ1v) is 9.83. The van der Waals surface area contributed by atoms with Gasteiger partial charge in [0.1, 0.15) is 0 Å². The molecule has 2 aromatic carbocycles. The second-order valence-electron chi connectivity index (χ2n) is 8.75. The van der Waals surface area contributed by atoms with E-state index in [1.54, 1.807) is 0 Å². The first-order valence-electron chi connectivity index (χ1n) is 9.83. The number of benzene rings is 2. The Morgan fingerprint density at radius 2 is 1.70 bits per heavy atom. The maximum atomic E-state index is 13.0. The van der Waals surface area contributed by atoms with Crippen molar-refractivity contribution in [1.29, 1.82) is 0 Å². The normalized spacial score (nSPS) is 14.9. The summed E-state index contributed by atoms with van der Waals surface area (Å²) in [6.07, 6.45) is 1.79. The Morgan fingerprint density at radius 3 is 2.41 bits per heavy atom. The molecule has 1 amide bonds. The Labute approximate surface area is 161 Å². The average Bonchev–Trinajstić information content (AvgIpc) is 2.83. The highest BCUT2D eigenvalue weighted by Crippen LogP contribution is 2.27. The summed E-state index contributed by atoms with van der Waals surface area (Å²) in [5.74, 6) is 0.140. The monoisotopic (exact) mass is 360 g/mol. The summed E-state index contributed by atoms with van der Waals surface area (Å²) in [7, 11) is 0. The Bertz CT molecular complexity index is 990. The predicted molar refractivity (Wildman–Crippen MR) is 111 cm³/mol. The molecule has 0 unspecified atom stereocenters. The lowest BCUT2D eigenvalue weighted by atomic mass is 9.86. The van der Waals surface area contributed by atoms with Crippen LogP contribution in [0.2, 0.25) is 0 Å². The number of hydrogen-bond donors (Lipinski definition) is 1. The van der Waals surface area contributed by atoms with E-state index in [2.05, 4.69) is 63.0 Å². The van der Waals surface area contributed by atoms with Crippen LogP contribution < -0.4 is 0 Å². The minimum Gasteiger partial charge on any atom is -0.358 e. The summed E-state index contributed by atoms with van der Waals surface area (Å²) in [4.78, 5) is 18.6. The topological polar surface area (TPSA) is 36.1 Å². The van der Waals surface area contributed by atoms with Crippen LogP contribution in [0, 0.1) is 6.92 Å². The minimum absolute atomic E-state index is 0.103. The van der Waals surface area contributed by atoms with Gasteiger partial charge in [0.25, 0.3) is 5.91 Å². The van der Waals surface area contributed by atoms with E-state index in [9.17, 15) is 4.79 Å². The van der Waals surface area contributed by atoms with Gasteiger partial charge in [0.05, 0.1) is 0 Å². The number of aryl methyl sites for hydroxylation is 1. The number of aromatic amines is 1. The predicted octanol–water partition coefficient (Wildman–Crippen LogP) is 5.01. The van der Waals surface area contributed by atoms with Crippen LogP contribution in [0.1, 0.15) is 53.5 Å². The van der Waals surface area contributed by atoms with Gasteiger partial charge < -0.3 is 9.88 Å². The van der Waals surface area contributed by atoms with E-state index in [0.717, 1.165) is 31.5 Å². The fourth-order valence-electron chi connectivity index (χ4n) is 4.02. The van der Waals surface area contributed by atoms with Crippen molar-refractivity contribution in [3.05, 3.63) is 70.4 Å². The molecule has 0 saturated heterocycles. The molecule has 0 bridgehead atoms. The Balaban J connectivity index is 1.54. The van der Waals surface area contributed by atoms with Crippen LogP contribution in [-0.2, 0) is 18.3 Å². The van der Waals surface area contributed by atoms with Gasteiger partial charge in [-0.05, 0) is 54.2 Å². The second-order valence-corrected chi connectivity index (χ2v) is 8.75. The van der Waals surface area contributed by atoms with Crippen molar-refractivity contribution in [2.24, 2.45) is 0 Å². The van der Waals surface area contributed by atoms with E-state index in [1.165, 1.54) is 33.3 Å². The highest BCUT2D eigenvalue weighted by molar-refractivity contribution is 5.94. The van der Waals surface area contributed by atoms with Gasteiger partial charge in [-0.2, -0.15) is 0 Å². The third kappa shape index (κ3) is 3.39. The summed E-state index contributed by atoms with van der Waals surface area (Å²) in [5, 5.41) is 1.31. The van der Waals surface area contributed by atoms with Gasteiger partial charge in [-0.1, -0.05) is 44.5 Å². The quantitative estimate of drug-likeness (QED) is 0.650. The average molecular weight is 361 g/mol. The lowest BCUT2D eigenvalue weighted by Crippen LogP contribution is -2.33. The summed E-state index contributed by atoms with van der Waals surface area (Å²) in [6.45, 7) is 10.2. The maximum Gasteiger partial charge on any atom is 0.253 e. The second kappa shape index (κ2) is 6.56. The molecule has 0 fully saturated rings. The van der Waals surface area contributed by atoms with Crippen molar-refractivity contribution in [3.63, 3.8) is 0 Å². The molecular weight excluding hydrogens is 332 g/mol. The van der Waals surface area contributed by atoms with Crippen LogP contribution in [0.25, 0.3) is 10.9 Å². The zero-order chi connectivity index (χ0) is 19.2. The molecular formula is C24H28N2O. The smallest absolute Gasteiger partial charge is 0.253 e. The van der Waals surface area contributed by atoms with Crippen molar-refractivity contribution in [1.82, 2.24) is 9.88 Å². The first kappa shape index (κ1) is 17.8. The van der Waals surface area contributed by atoms with Crippen molar-refractivity contribution in [3.8, 4) is 0 Å². The van der Waals surface area contributed by atoms with Crippen molar-refractivity contribution >= 4 is 16.8 Å². The number of rotatable bonds is 1. The molecule has 0 atom stereocenters. The molecule has 3 nitrogen and oxygen atoms in total. The molecule has 2 heterocycles. The molecule has 0 radical (unpaired) electrons. The number of hydrogen-bond acceptors (Lipinski definition) is 1. The Kier molecular flexibility index (Phi) is 4.33. The van der Waals surface area contributed by atoms with Gasteiger partial charge in [-0.25, -0.2) is 0 Å². The third-order valence-electron chi connectivity index (χ3n) is 5.70. The number of nitrogens with one attached hydrogen (secondary N) is 1. The fourth-order valence-corrected chi connectivity index (χ4v) is 4.02. The van der Waals surface area contributed by atoms with E-state index in [-0.39, 0.29) is 11.3 Å². The van der Waals surface area contributed by atoms with Crippen molar-refractivity contribution in [2.45, 2.75) is 46.0 Å². The van der Waals surface area contributed by atoms with Crippen LogP contribution in [0.15, 0.2) is 42.5 Å². The first-order chi connectivity index (χ1) is 12.8. The van der Waals surface area contributed by atoms with Crippen LogP contribution >= 0.6 is 0 Å². The van der Waals surface area contributed by atoms with E-state index >= 15 is 0 Å². The molecule has 0 spiro atoms. The zero-order valence-electron chi connectivity index (χ0n) is 16.7. The summed E-state index contributed by atoms with van der Waals surface area (Å²) in [5.41, 5.74) is 7.30. The number of carbonyl (C=O) groups excluding carboxylic acids is 1. The maximum absolute atomic E-state index is 13.0. The number of amides is 1. The van der Waals surface area contributed by atoms with Gasteiger partial charge in [0.2, 0.25) is 0 Å². The van der Waals surface area contributed by atoms with Gasteiger partial charge in [0.15, 0.2) is 0 Å². The number of fused-ring (bicyclic) bond motifs is 3. The van der Waals surface area contributed by atoms with Crippen LogP contribution in [0.3, 0.4) is 0 Å². The molecule has 0 saturated carbocycles. The lowest BCUT2D eigenvalue weighted by molar-refractivity contribution is 0.0763. The van der Waals surface area contributed by atoms with Gasteiger partial charge in [-0.3, -0.25) is 4.79 Å². The van der Waals surface area contributed by atoms with Crippen LogP contribution in [0.4, 0.5) is 0 Å². The molecule has 140 valence electrons. The van der Waals surface area contributed by atoms with Crippen LogP contribution in [-0.4, -0.2) is 28.9 Å².